The third kappa shape index (κ3) is 3.37. The molecule has 1 N–H and O–H groups in total. The molecule has 3 heteroatoms. The lowest BCUT2D eigenvalue weighted by Gasteiger charge is -2.32. The van der Waals surface area contributed by atoms with Gasteiger partial charge in [-0.15, -0.1) is 0 Å². The summed E-state index contributed by atoms with van der Waals surface area (Å²) in [5.74, 6) is 0.657. The zero-order valence-corrected chi connectivity index (χ0v) is 12.8. The van der Waals surface area contributed by atoms with Gasteiger partial charge in [-0.05, 0) is 11.1 Å². The van der Waals surface area contributed by atoms with Crippen LogP contribution in [0.15, 0.2) is 65.7 Å². The van der Waals surface area contributed by atoms with Crippen LogP contribution in [0, 0.1) is 0 Å². The molecule has 1 heterocycles. The number of hydrogen-bond donors (Lipinski definition) is 1. The molecule has 22 heavy (non-hydrogen) atoms. The summed E-state index contributed by atoms with van der Waals surface area (Å²) in [5, 5.41) is 11.3. The van der Waals surface area contributed by atoms with Crippen LogP contribution in [-0.2, 0) is 17.6 Å². The first-order valence-electron chi connectivity index (χ1n) is 7.63. The molecule has 0 bridgehead atoms. The highest BCUT2D eigenvalue weighted by Crippen LogP contribution is 2.27. The summed E-state index contributed by atoms with van der Waals surface area (Å²) in [6.07, 6.45) is 1.13. The van der Waals surface area contributed by atoms with Gasteiger partial charge in [0.05, 0.1) is 5.60 Å². The molecule has 1 aliphatic heterocycles. The molecule has 1 atom stereocenters. The van der Waals surface area contributed by atoms with E-state index in [9.17, 15) is 5.11 Å². The predicted molar refractivity (Wildman–Crippen MR) is 88.1 cm³/mol. The fraction of sp³-hybridized carbons (Fsp3) is 0.316. The van der Waals surface area contributed by atoms with E-state index in [2.05, 4.69) is 4.99 Å². The number of rotatable bonds is 5. The quantitative estimate of drug-likeness (QED) is 0.921. The maximum Gasteiger partial charge on any atom is 0.180 e. The van der Waals surface area contributed by atoms with Crippen LogP contribution in [0.3, 0.4) is 0 Å². The lowest BCUT2D eigenvalue weighted by atomic mass is 9.82. The van der Waals surface area contributed by atoms with Crippen LogP contribution in [0.1, 0.15) is 18.1 Å². The molecule has 0 spiro atoms. The third-order valence-electron chi connectivity index (χ3n) is 4.11. The molecule has 3 rings (SSSR count). The molecule has 0 amide bonds. The van der Waals surface area contributed by atoms with Gasteiger partial charge < -0.3 is 9.84 Å². The molecular weight excluding hydrogens is 274 g/mol. The summed E-state index contributed by atoms with van der Waals surface area (Å²) in [6.45, 7) is 2.29. The number of aliphatic imine (C=N–C) groups is 1. The minimum absolute atomic E-state index is 0.229. The van der Waals surface area contributed by atoms with Crippen LogP contribution in [0.4, 0.5) is 0 Å². The molecule has 0 radical (unpaired) electrons. The first-order valence-corrected chi connectivity index (χ1v) is 7.63. The lowest BCUT2D eigenvalue weighted by molar-refractivity contribution is 0.00803. The van der Waals surface area contributed by atoms with E-state index in [1.165, 1.54) is 0 Å². The highest BCUT2D eigenvalue weighted by molar-refractivity contribution is 5.75. The van der Waals surface area contributed by atoms with Gasteiger partial charge in [-0.3, -0.25) is 0 Å². The van der Waals surface area contributed by atoms with E-state index in [0.29, 0.717) is 25.3 Å². The van der Waals surface area contributed by atoms with Gasteiger partial charge in [0.1, 0.15) is 12.6 Å². The number of ether oxygens (including phenoxy) is 1. The van der Waals surface area contributed by atoms with E-state index < -0.39 is 5.60 Å². The van der Waals surface area contributed by atoms with Crippen molar-refractivity contribution in [2.24, 2.45) is 4.99 Å². The standard InChI is InChI=1S/C19H21NO2/c1-15-20-18(14-22-15)19(21,12-16-8-4-2-5-9-16)13-17-10-6-3-7-11-17/h2-11,18,21H,12-14H2,1H3. The molecule has 3 nitrogen and oxygen atoms in total. The van der Waals surface area contributed by atoms with Crippen molar-refractivity contribution in [1.29, 1.82) is 0 Å². The minimum atomic E-state index is -0.944. The SMILES string of the molecule is CC1=NC(C(O)(Cc2ccccc2)Cc2ccccc2)CO1. The second-order valence-electron chi connectivity index (χ2n) is 5.90. The Balaban J connectivity index is 1.88. The highest BCUT2D eigenvalue weighted by atomic mass is 16.5. The smallest absolute Gasteiger partial charge is 0.180 e. The molecule has 1 aliphatic rings. The van der Waals surface area contributed by atoms with Crippen LogP contribution in [0.25, 0.3) is 0 Å². The molecule has 0 fully saturated rings. The fourth-order valence-corrected chi connectivity index (χ4v) is 2.97. The number of benzene rings is 2. The third-order valence-corrected chi connectivity index (χ3v) is 4.11. The van der Waals surface area contributed by atoms with E-state index in [0.717, 1.165) is 11.1 Å². The lowest BCUT2D eigenvalue weighted by Crippen LogP contribution is -2.46. The Bertz CT molecular complexity index is 595. The van der Waals surface area contributed by atoms with E-state index in [1.54, 1.807) is 0 Å². The zero-order valence-electron chi connectivity index (χ0n) is 12.8. The zero-order chi connectivity index (χ0) is 15.4. The van der Waals surface area contributed by atoms with E-state index >= 15 is 0 Å². The van der Waals surface area contributed by atoms with Crippen molar-refractivity contribution in [3.05, 3.63) is 71.8 Å². The maximum atomic E-state index is 11.3. The molecule has 0 aliphatic carbocycles. The Hall–Kier alpha value is -2.13. The molecule has 0 aromatic heterocycles. The van der Waals surface area contributed by atoms with Crippen molar-refractivity contribution in [2.45, 2.75) is 31.4 Å². The first-order chi connectivity index (χ1) is 10.7. The van der Waals surface area contributed by atoms with Crippen LogP contribution >= 0.6 is 0 Å². The van der Waals surface area contributed by atoms with Crippen LogP contribution < -0.4 is 0 Å². The second kappa shape index (κ2) is 6.32. The Morgan fingerprint density at radius 2 is 1.50 bits per heavy atom. The first kappa shape index (κ1) is 14.8. The average Bonchev–Trinajstić information content (AvgIpc) is 2.96. The summed E-state index contributed by atoms with van der Waals surface area (Å²) in [6, 6.07) is 19.9. The average molecular weight is 295 g/mol. The van der Waals surface area contributed by atoms with Crippen molar-refractivity contribution >= 4 is 5.90 Å². The van der Waals surface area contributed by atoms with Crippen molar-refractivity contribution in [2.75, 3.05) is 6.61 Å². The van der Waals surface area contributed by atoms with Crippen LogP contribution in [0.5, 0.6) is 0 Å². The second-order valence-corrected chi connectivity index (χ2v) is 5.90. The number of aliphatic hydroxyl groups is 1. The van der Waals surface area contributed by atoms with Crippen LogP contribution in [-0.4, -0.2) is 29.3 Å². The van der Waals surface area contributed by atoms with Gasteiger partial charge in [-0.2, -0.15) is 0 Å². The molecule has 114 valence electrons. The number of nitrogens with zero attached hydrogens (tertiary/aromatic N) is 1. The van der Waals surface area contributed by atoms with E-state index in [1.807, 2.05) is 67.6 Å². The van der Waals surface area contributed by atoms with Gasteiger partial charge in [0.15, 0.2) is 5.90 Å². The largest absolute Gasteiger partial charge is 0.479 e. The van der Waals surface area contributed by atoms with Gasteiger partial charge in [-0.1, -0.05) is 60.7 Å². The Morgan fingerprint density at radius 1 is 1.00 bits per heavy atom. The van der Waals surface area contributed by atoms with Crippen molar-refractivity contribution in [3.63, 3.8) is 0 Å². The Kier molecular flexibility index (Phi) is 4.25. The van der Waals surface area contributed by atoms with Crippen molar-refractivity contribution < 1.29 is 9.84 Å². The predicted octanol–water partition coefficient (Wildman–Crippen LogP) is 3.02. The summed E-state index contributed by atoms with van der Waals surface area (Å²) in [7, 11) is 0. The van der Waals surface area contributed by atoms with Gasteiger partial charge in [0.25, 0.3) is 0 Å². The van der Waals surface area contributed by atoms with Gasteiger partial charge in [-0.25, -0.2) is 4.99 Å². The maximum absolute atomic E-state index is 11.3. The van der Waals surface area contributed by atoms with Gasteiger partial charge in [0.2, 0.25) is 0 Å². The van der Waals surface area contributed by atoms with Gasteiger partial charge in [0, 0.05) is 19.8 Å². The normalized spacial score (nSPS) is 17.9. The van der Waals surface area contributed by atoms with Crippen LogP contribution in [0.2, 0.25) is 0 Å². The van der Waals surface area contributed by atoms with E-state index in [-0.39, 0.29) is 6.04 Å². The van der Waals surface area contributed by atoms with E-state index in [4.69, 9.17) is 4.74 Å². The van der Waals surface area contributed by atoms with Crippen molar-refractivity contribution in [3.8, 4) is 0 Å². The monoisotopic (exact) mass is 295 g/mol. The molecule has 1 unspecified atom stereocenters. The molecule has 0 saturated heterocycles. The summed E-state index contributed by atoms with van der Waals surface area (Å²) in [4.78, 5) is 4.50. The molecule has 2 aromatic carbocycles. The Morgan fingerprint density at radius 3 is 1.91 bits per heavy atom. The molecule has 0 saturated carbocycles. The Labute approximate surface area is 131 Å². The molecular formula is C19H21NO2. The topological polar surface area (TPSA) is 41.8 Å². The molecule has 2 aromatic rings. The summed E-state index contributed by atoms with van der Waals surface area (Å²) < 4.78 is 5.48. The summed E-state index contributed by atoms with van der Waals surface area (Å²) in [5.41, 5.74) is 1.28. The fourth-order valence-electron chi connectivity index (χ4n) is 2.97. The highest BCUT2D eigenvalue weighted by Gasteiger charge is 2.40. The van der Waals surface area contributed by atoms with Gasteiger partial charge >= 0.3 is 0 Å². The van der Waals surface area contributed by atoms with Crippen molar-refractivity contribution in [1.82, 2.24) is 0 Å². The minimum Gasteiger partial charge on any atom is -0.479 e. The summed E-state index contributed by atoms with van der Waals surface area (Å²) >= 11 is 0. The number of hydrogen-bond acceptors (Lipinski definition) is 3.